The first-order valence-electron chi connectivity index (χ1n) is 12.7. The van der Waals surface area contributed by atoms with E-state index in [4.69, 9.17) is 19.3 Å². The predicted octanol–water partition coefficient (Wildman–Crippen LogP) is 6.83. The maximum absolute atomic E-state index is 12.6. The lowest BCUT2D eigenvalue weighted by Gasteiger charge is -2.09. The van der Waals surface area contributed by atoms with E-state index in [1.165, 1.54) is 0 Å². The lowest BCUT2D eigenvalue weighted by atomic mass is 9.99. The third-order valence-corrected chi connectivity index (χ3v) is 6.06. The van der Waals surface area contributed by atoms with Crippen molar-refractivity contribution >= 4 is 17.9 Å². The summed E-state index contributed by atoms with van der Waals surface area (Å²) >= 11 is 0. The van der Waals surface area contributed by atoms with E-state index in [1.807, 2.05) is 36.4 Å². The van der Waals surface area contributed by atoms with Gasteiger partial charge in [-0.1, -0.05) is 55.1 Å². The summed E-state index contributed by atoms with van der Waals surface area (Å²) in [6.45, 7) is 4.13. The van der Waals surface area contributed by atoms with Crippen LogP contribution in [0.3, 0.4) is 0 Å². The Kier molecular flexibility index (Phi) is 9.45. The summed E-state index contributed by atoms with van der Waals surface area (Å²) in [6, 6.07) is 28.7. The molecule has 7 heteroatoms. The molecule has 4 rings (SSSR count). The second-order valence-corrected chi connectivity index (χ2v) is 8.83. The van der Waals surface area contributed by atoms with Gasteiger partial charge in [0.1, 0.15) is 11.5 Å². The summed E-state index contributed by atoms with van der Waals surface area (Å²) in [5.41, 5.74) is 4.53. The molecule has 202 valence electrons. The third kappa shape index (κ3) is 7.68. The molecule has 0 unspecified atom stereocenters. The molecule has 0 fully saturated rings. The zero-order chi connectivity index (χ0) is 28.3. The van der Waals surface area contributed by atoms with E-state index in [0.29, 0.717) is 36.7 Å². The number of carboxylic acids is 1. The maximum atomic E-state index is 12.6. The molecule has 4 aromatic rings. The molecule has 0 spiro atoms. The molecule has 0 aliphatic heterocycles. The van der Waals surface area contributed by atoms with Gasteiger partial charge in [-0.15, -0.1) is 0 Å². The third-order valence-electron chi connectivity index (χ3n) is 6.06. The summed E-state index contributed by atoms with van der Waals surface area (Å²) < 4.78 is 16.1. The van der Waals surface area contributed by atoms with Crippen LogP contribution in [0.15, 0.2) is 110 Å². The average molecular weight is 537 g/mol. The molecule has 4 aromatic carbocycles. The Bertz CT molecular complexity index is 1450. The number of esters is 2. The molecule has 0 saturated heterocycles. The molecule has 40 heavy (non-hydrogen) atoms. The van der Waals surface area contributed by atoms with Crippen LogP contribution in [-0.4, -0.2) is 36.2 Å². The Labute approximate surface area is 232 Å². The molecule has 0 aliphatic rings. The van der Waals surface area contributed by atoms with Crippen molar-refractivity contribution in [2.45, 2.75) is 12.8 Å². The minimum Gasteiger partial charge on any atom is -0.494 e. The molecule has 0 saturated carbocycles. The highest BCUT2D eigenvalue weighted by Gasteiger charge is 2.10. The highest BCUT2D eigenvalue weighted by molar-refractivity contribution is 5.91. The number of carbonyl (C=O) groups excluding carboxylic acids is 2. The average Bonchev–Trinajstić information content (AvgIpc) is 2.99. The number of ether oxygens (including phenoxy) is 3. The fourth-order valence-electron chi connectivity index (χ4n) is 3.85. The normalized spacial score (nSPS) is 10.4. The van der Waals surface area contributed by atoms with Crippen LogP contribution in [0.5, 0.6) is 11.5 Å². The smallest absolute Gasteiger partial charge is 0.343 e. The number of benzene rings is 4. The van der Waals surface area contributed by atoms with Gasteiger partial charge in [0.15, 0.2) is 0 Å². The van der Waals surface area contributed by atoms with Crippen molar-refractivity contribution in [3.05, 3.63) is 121 Å². The van der Waals surface area contributed by atoms with Crippen LogP contribution in [0.25, 0.3) is 22.3 Å². The van der Waals surface area contributed by atoms with E-state index in [1.54, 1.807) is 60.7 Å². The number of aromatic carboxylic acids is 1. The summed E-state index contributed by atoms with van der Waals surface area (Å²) in [6.07, 6.45) is 2.53. The second kappa shape index (κ2) is 13.6. The van der Waals surface area contributed by atoms with E-state index in [0.717, 1.165) is 34.8 Å². The van der Waals surface area contributed by atoms with Crippen LogP contribution in [0.4, 0.5) is 0 Å². The van der Waals surface area contributed by atoms with Gasteiger partial charge in [-0.2, -0.15) is 0 Å². The highest BCUT2D eigenvalue weighted by Crippen LogP contribution is 2.27. The van der Waals surface area contributed by atoms with E-state index >= 15 is 0 Å². The summed E-state index contributed by atoms with van der Waals surface area (Å²) in [4.78, 5) is 34.6. The van der Waals surface area contributed by atoms with Gasteiger partial charge < -0.3 is 19.3 Å². The lowest BCUT2D eigenvalue weighted by Crippen LogP contribution is -2.08. The van der Waals surface area contributed by atoms with Gasteiger partial charge in [-0.05, 0) is 83.6 Å². The van der Waals surface area contributed by atoms with Gasteiger partial charge in [0.05, 0.1) is 24.3 Å². The number of carboxylic acid groups (broad SMARTS) is 1. The molecule has 0 heterocycles. The van der Waals surface area contributed by atoms with E-state index in [9.17, 15) is 14.4 Å². The van der Waals surface area contributed by atoms with Crippen molar-refractivity contribution in [1.29, 1.82) is 0 Å². The Balaban J connectivity index is 1.27. The SMILES string of the molecule is C=CC(=O)OCCCCOc1ccc(C(=O)Oc2ccc(-c3ccc(-c4ccc(C(=O)O)cc4)cc3)cc2)cc1. The van der Waals surface area contributed by atoms with Gasteiger partial charge in [-0.25, -0.2) is 14.4 Å². The maximum Gasteiger partial charge on any atom is 0.343 e. The van der Waals surface area contributed by atoms with Crippen LogP contribution in [-0.2, 0) is 9.53 Å². The van der Waals surface area contributed by atoms with Crippen LogP contribution in [0.1, 0.15) is 33.6 Å². The number of unbranched alkanes of at least 4 members (excludes halogenated alkanes) is 1. The molecule has 0 aliphatic carbocycles. The van der Waals surface area contributed by atoms with Gasteiger partial charge >= 0.3 is 17.9 Å². The van der Waals surface area contributed by atoms with Crippen molar-refractivity contribution in [3.63, 3.8) is 0 Å². The number of hydrogen-bond donors (Lipinski definition) is 1. The minimum atomic E-state index is -0.950. The molecule has 0 atom stereocenters. The Morgan fingerprint density at radius 1 is 0.625 bits per heavy atom. The first-order valence-corrected chi connectivity index (χ1v) is 12.7. The standard InChI is InChI=1S/C33H28O7/c1-2-31(34)39-22-4-3-21-38-29-17-15-28(16-18-29)33(37)40-30-19-13-26(14-20-30)24-7-5-23(6-8-24)25-9-11-27(12-10-25)32(35)36/h2,5-20H,1,3-4,21-22H2,(H,35,36). The fraction of sp³-hybridized carbons (Fsp3) is 0.121. The van der Waals surface area contributed by atoms with E-state index in [-0.39, 0.29) is 5.56 Å². The quantitative estimate of drug-likeness (QED) is 0.0917. The van der Waals surface area contributed by atoms with Crippen LogP contribution in [0.2, 0.25) is 0 Å². The number of hydrogen-bond acceptors (Lipinski definition) is 6. The van der Waals surface area contributed by atoms with Crippen molar-refractivity contribution in [3.8, 4) is 33.8 Å². The molecule has 1 N–H and O–H groups in total. The molecule has 0 bridgehead atoms. The fourth-order valence-corrected chi connectivity index (χ4v) is 3.85. The largest absolute Gasteiger partial charge is 0.494 e. The number of rotatable bonds is 12. The summed E-state index contributed by atoms with van der Waals surface area (Å²) in [7, 11) is 0. The van der Waals surface area contributed by atoms with Crippen molar-refractivity contribution < 1.29 is 33.7 Å². The molecular weight excluding hydrogens is 508 g/mol. The zero-order valence-electron chi connectivity index (χ0n) is 21.7. The highest BCUT2D eigenvalue weighted by atomic mass is 16.5. The Morgan fingerprint density at radius 2 is 1.07 bits per heavy atom. The van der Waals surface area contributed by atoms with Gasteiger partial charge in [0.25, 0.3) is 0 Å². The molecule has 0 amide bonds. The molecule has 7 nitrogen and oxygen atoms in total. The monoisotopic (exact) mass is 536 g/mol. The molecule has 0 radical (unpaired) electrons. The van der Waals surface area contributed by atoms with Gasteiger partial charge in [-0.3, -0.25) is 0 Å². The Hall–Kier alpha value is -5.17. The molecular formula is C33H28O7. The second-order valence-electron chi connectivity index (χ2n) is 8.83. The summed E-state index contributed by atoms with van der Waals surface area (Å²) in [5, 5.41) is 9.06. The predicted molar refractivity (Wildman–Crippen MR) is 152 cm³/mol. The van der Waals surface area contributed by atoms with Crippen LogP contribution < -0.4 is 9.47 Å². The van der Waals surface area contributed by atoms with E-state index in [2.05, 4.69) is 6.58 Å². The topological polar surface area (TPSA) is 99.1 Å². The van der Waals surface area contributed by atoms with Gasteiger partial charge in [0.2, 0.25) is 0 Å². The first-order chi connectivity index (χ1) is 19.4. The van der Waals surface area contributed by atoms with Crippen LogP contribution in [0, 0.1) is 0 Å². The molecule has 0 aromatic heterocycles. The lowest BCUT2D eigenvalue weighted by molar-refractivity contribution is -0.137. The Morgan fingerprint density at radius 3 is 1.60 bits per heavy atom. The van der Waals surface area contributed by atoms with Gasteiger partial charge in [0, 0.05) is 6.08 Å². The number of carbonyl (C=O) groups is 3. The van der Waals surface area contributed by atoms with Crippen LogP contribution >= 0.6 is 0 Å². The van der Waals surface area contributed by atoms with E-state index < -0.39 is 17.9 Å². The van der Waals surface area contributed by atoms with Crippen molar-refractivity contribution in [2.75, 3.05) is 13.2 Å². The minimum absolute atomic E-state index is 0.251. The first kappa shape index (κ1) is 27.9. The van der Waals surface area contributed by atoms with Crippen molar-refractivity contribution in [1.82, 2.24) is 0 Å². The van der Waals surface area contributed by atoms with Crippen molar-refractivity contribution in [2.24, 2.45) is 0 Å². The zero-order valence-corrected chi connectivity index (χ0v) is 21.7. The summed E-state index contributed by atoms with van der Waals surface area (Å²) in [5.74, 6) is -0.793.